The summed E-state index contributed by atoms with van der Waals surface area (Å²) in [5, 5.41) is 20.2. The summed E-state index contributed by atoms with van der Waals surface area (Å²) in [5.41, 5.74) is 0.528. The van der Waals surface area contributed by atoms with Crippen molar-refractivity contribution in [2.45, 2.75) is 6.10 Å². The minimum absolute atomic E-state index is 0.175. The van der Waals surface area contributed by atoms with Crippen LogP contribution in [0.2, 0.25) is 0 Å². The van der Waals surface area contributed by atoms with E-state index in [4.69, 9.17) is 10.2 Å². The lowest BCUT2D eigenvalue weighted by molar-refractivity contribution is -0.113. The molecule has 94 valence electrons. The minimum Gasteiger partial charge on any atom is -0.394 e. The fourth-order valence-electron chi connectivity index (χ4n) is 1.07. The maximum absolute atomic E-state index is 12.6. The summed E-state index contributed by atoms with van der Waals surface area (Å²) in [7, 11) is 0. The van der Waals surface area contributed by atoms with E-state index in [-0.39, 0.29) is 24.1 Å². The molecule has 6 heteroatoms. The number of thioether (sulfide) groups is 1. The molecule has 0 fully saturated rings. The zero-order valence-corrected chi connectivity index (χ0v) is 9.91. The number of nitrogens with one attached hydrogen (secondary N) is 1. The van der Waals surface area contributed by atoms with Crippen LogP contribution in [0.3, 0.4) is 0 Å². The van der Waals surface area contributed by atoms with Gasteiger partial charge in [0.05, 0.1) is 18.5 Å². The van der Waals surface area contributed by atoms with Crippen molar-refractivity contribution in [3.63, 3.8) is 0 Å². The first-order valence-electron chi connectivity index (χ1n) is 5.04. The molecule has 0 saturated carbocycles. The second-order valence-electron chi connectivity index (χ2n) is 3.41. The summed E-state index contributed by atoms with van der Waals surface area (Å²) in [4.78, 5) is 11.4. The van der Waals surface area contributed by atoms with E-state index in [1.165, 1.54) is 36.0 Å². The number of carbonyl (C=O) groups is 1. The minimum atomic E-state index is -0.807. The number of aliphatic hydroxyl groups excluding tert-OH is 2. The fraction of sp³-hybridized carbons (Fsp3) is 0.364. The van der Waals surface area contributed by atoms with Crippen LogP contribution in [0.4, 0.5) is 10.1 Å². The molecule has 0 aliphatic rings. The predicted octanol–water partition coefficient (Wildman–Crippen LogP) is 0.851. The number of halogens is 1. The first-order chi connectivity index (χ1) is 8.11. The van der Waals surface area contributed by atoms with E-state index in [1.54, 1.807) is 0 Å². The van der Waals surface area contributed by atoms with Crippen molar-refractivity contribution in [1.29, 1.82) is 0 Å². The van der Waals surface area contributed by atoms with Crippen LogP contribution in [0, 0.1) is 5.82 Å². The van der Waals surface area contributed by atoms with Gasteiger partial charge in [-0.2, -0.15) is 0 Å². The first kappa shape index (κ1) is 14.0. The molecule has 0 heterocycles. The second kappa shape index (κ2) is 7.26. The van der Waals surface area contributed by atoms with Crippen molar-refractivity contribution in [3.8, 4) is 0 Å². The molecule has 17 heavy (non-hydrogen) atoms. The van der Waals surface area contributed by atoms with E-state index < -0.39 is 6.10 Å². The Kier molecular flexibility index (Phi) is 5.96. The van der Waals surface area contributed by atoms with Gasteiger partial charge in [0.15, 0.2) is 0 Å². The Morgan fingerprint density at radius 3 is 2.65 bits per heavy atom. The van der Waals surface area contributed by atoms with Crippen molar-refractivity contribution in [2.75, 3.05) is 23.4 Å². The van der Waals surface area contributed by atoms with Gasteiger partial charge in [0, 0.05) is 11.4 Å². The Balaban J connectivity index is 2.27. The van der Waals surface area contributed by atoms with Gasteiger partial charge >= 0.3 is 0 Å². The number of anilines is 1. The van der Waals surface area contributed by atoms with Gasteiger partial charge in [0.2, 0.25) is 5.91 Å². The molecular formula is C11H14FNO3S. The number of hydrogen-bond acceptors (Lipinski definition) is 4. The molecular weight excluding hydrogens is 245 g/mol. The maximum atomic E-state index is 12.6. The van der Waals surface area contributed by atoms with Gasteiger partial charge in [-0.3, -0.25) is 4.79 Å². The number of carbonyl (C=O) groups excluding carboxylic acids is 1. The normalized spacial score (nSPS) is 12.2. The van der Waals surface area contributed by atoms with E-state index in [1.807, 2.05) is 0 Å². The van der Waals surface area contributed by atoms with E-state index >= 15 is 0 Å². The summed E-state index contributed by atoms with van der Waals surface area (Å²) in [6, 6.07) is 5.47. The summed E-state index contributed by atoms with van der Waals surface area (Å²) in [5.74, 6) is -0.114. The van der Waals surface area contributed by atoms with Crippen molar-refractivity contribution in [2.24, 2.45) is 0 Å². The molecule has 1 aromatic rings. The highest BCUT2D eigenvalue weighted by atomic mass is 32.2. The third-order valence-electron chi connectivity index (χ3n) is 1.88. The molecule has 4 nitrogen and oxygen atoms in total. The molecule has 0 radical (unpaired) electrons. The van der Waals surface area contributed by atoms with Gasteiger partial charge in [0.25, 0.3) is 0 Å². The molecule has 0 aliphatic heterocycles. The fourth-order valence-corrected chi connectivity index (χ4v) is 1.82. The van der Waals surface area contributed by atoms with Crippen LogP contribution in [0.5, 0.6) is 0 Å². The van der Waals surface area contributed by atoms with Crippen molar-refractivity contribution in [1.82, 2.24) is 0 Å². The molecule has 0 saturated heterocycles. The molecule has 1 atom stereocenters. The lowest BCUT2D eigenvalue weighted by Gasteiger charge is -2.07. The van der Waals surface area contributed by atoms with E-state index in [0.29, 0.717) is 11.4 Å². The smallest absolute Gasteiger partial charge is 0.234 e. The zero-order chi connectivity index (χ0) is 12.7. The van der Waals surface area contributed by atoms with Gasteiger partial charge in [-0.15, -0.1) is 11.8 Å². The molecule has 1 rings (SSSR count). The standard InChI is InChI=1S/C11H14FNO3S/c12-8-1-3-9(4-2-8)13-11(16)7-17-6-10(15)5-14/h1-4,10,14-15H,5-7H2,(H,13,16). The summed E-state index contributed by atoms with van der Waals surface area (Å²) in [6.45, 7) is -0.313. The Morgan fingerprint density at radius 1 is 1.41 bits per heavy atom. The van der Waals surface area contributed by atoms with Crippen LogP contribution in [-0.2, 0) is 4.79 Å². The quantitative estimate of drug-likeness (QED) is 0.708. The third-order valence-corrected chi connectivity index (χ3v) is 2.97. The van der Waals surface area contributed by atoms with Gasteiger partial charge in [-0.1, -0.05) is 0 Å². The number of amides is 1. The molecule has 0 aliphatic carbocycles. The highest BCUT2D eigenvalue weighted by molar-refractivity contribution is 8.00. The van der Waals surface area contributed by atoms with Crippen LogP contribution in [0.1, 0.15) is 0 Å². The Hall–Kier alpha value is -1.11. The van der Waals surface area contributed by atoms with Gasteiger partial charge in [-0.05, 0) is 24.3 Å². The van der Waals surface area contributed by atoms with Crippen LogP contribution in [0.25, 0.3) is 0 Å². The Morgan fingerprint density at radius 2 is 2.06 bits per heavy atom. The lowest BCUT2D eigenvalue weighted by Crippen LogP contribution is -2.19. The number of rotatable bonds is 6. The Bertz CT molecular complexity index is 358. The van der Waals surface area contributed by atoms with Gasteiger partial charge in [0.1, 0.15) is 5.82 Å². The van der Waals surface area contributed by atoms with Crippen LogP contribution in [0.15, 0.2) is 24.3 Å². The maximum Gasteiger partial charge on any atom is 0.234 e. The molecule has 0 spiro atoms. The summed E-state index contributed by atoms with van der Waals surface area (Å²) >= 11 is 1.22. The zero-order valence-electron chi connectivity index (χ0n) is 9.10. The summed E-state index contributed by atoms with van der Waals surface area (Å²) in [6.07, 6.45) is -0.807. The van der Waals surface area contributed by atoms with Crippen LogP contribution in [-0.4, -0.2) is 40.3 Å². The van der Waals surface area contributed by atoms with E-state index in [0.717, 1.165) is 0 Å². The molecule has 1 aromatic carbocycles. The lowest BCUT2D eigenvalue weighted by atomic mass is 10.3. The van der Waals surface area contributed by atoms with Gasteiger partial charge < -0.3 is 15.5 Å². The predicted molar refractivity (Wildman–Crippen MR) is 65.4 cm³/mol. The topological polar surface area (TPSA) is 69.6 Å². The number of hydrogen-bond donors (Lipinski definition) is 3. The van der Waals surface area contributed by atoms with Crippen LogP contribution < -0.4 is 5.32 Å². The van der Waals surface area contributed by atoms with E-state index in [9.17, 15) is 9.18 Å². The summed E-state index contributed by atoms with van der Waals surface area (Å²) < 4.78 is 12.6. The van der Waals surface area contributed by atoms with Crippen molar-refractivity contribution in [3.05, 3.63) is 30.1 Å². The van der Waals surface area contributed by atoms with Crippen molar-refractivity contribution >= 4 is 23.4 Å². The molecule has 0 bridgehead atoms. The molecule has 1 amide bonds. The van der Waals surface area contributed by atoms with Crippen LogP contribution >= 0.6 is 11.8 Å². The molecule has 0 aromatic heterocycles. The first-order valence-corrected chi connectivity index (χ1v) is 6.19. The number of aliphatic hydroxyl groups is 2. The average molecular weight is 259 g/mol. The second-order valence-corrected chi connectivity index (χ2v) is 4.44. The SMILES string of the molecule is O=C(CSCC(O)CO)Nc1ccc(F)cc1. The van der Waals surface area contributed by atoms with Crippen molar-refractivity contribution < 1.29 is 19.4 Å². The van der Waals surface area contributed by atoms with E-state index in [2.05, 4.69) is 5.32 Å². The molecule has 1 unspecified atom stereocenters. The number of benzene rings is 1. The highest BCUT2D eigenvalue weighted by Gasteiger charge is 2.06. The average Bonchev–Trinajstić information content (AvgIpc) is 2.32. The highest BCUT2D eigenvalue weighted by Crippen LogP contribution is 2.09. The molecule has 3 N–H and O–H groups in total. The monoisotopic (exact) mass is 259 g/mol. The largest absolute Gasteiger partial charge is 0.394 e. The third kappa shape index (κ3) is 5.67. The van der Waals surface area contributed by atoms with Gasteiger partial charge in [-0.25, -0.2) is 4.39 Å². The Labute approximate surface area is 103 Å².